The third-order valence-corrected chi connectivity index (χ3v) is 3.31. The van der Waals surface area contributed by atoms with Gasteiger partial charge in [-0.3, -0.25) is 14.9 Å². The van der Waals surface area contributed by atoms with E-state index in [1.165, 1.54) is 13.1 Å². The highest BCUT2D eigenvalue weighted by molar-refractivity contribution is 5.95. The van der Waals surface area contributed by atoms with Crippen LogP contribution in [-0.2, 0) is 0 Å². The van der Waals surface area contributed by atoms with Gasteiger partial charge in [0, 0.05) is 24.7 Å². The number of carbonyl (C=O) groups is 1. The van der Waals surface area contributed by atoms with E-state index in [0.717, 1.165) is 19.3 Å². The van der Waals surface area contributed by atoms with Crippen LogP contribution in [0.2, 0.25) is 0 Å². The molecular formula is C14H17N3O3. The molecule has 1 atom stereocenters. The summed E-state index contributed by atoms with van der Waals surface area (Å²) in [5.41, 5.74) is 0.678. The van der Waals surface area contributed by atoms with Gasteiger partial charge in [0.2, 0.25) is 0 Å². The molecule has 0 aromatic heterocycles. The van der Waals surface area contributed by atoms with Crippen LogP contribution in [0.4, 0.5) is 11.4 Å². The van der Waals surface area contributed by atoms with Crippen molar-refractivity contribution in [1.29, 1.82) is 0 Å². The van der Waals surface area contributed by atoms with Gasteiger partial charge in [0.05, 0.1) is 4.92 Å². The van der Waals surface area contributed by atoms with Crippen LogP contribution >= 0.6 is 0 Å². The summed E-state index contributed by atoms with van der Waals surface area (Å²) in [7, 11) is 1.49. The highest BCUT2D eigenvalue weighted by atomic mass is 16.6. The Labute approximate surface area is 117 Å². The van der Waals surface area contributed by atoms with E-state index in [4.69, 9.17) is 0 Å². The lowest BCUT2D eigenvalue weighted by Crippen LogP contribution is -2.21. The van der Waals surface area contributed by atoms with Crippen LogP contribution in [0.25, 0.3) is 0 Å². The van der Waals surface area contributed by atoms with E-state index >= 15 is 0 Å². The molecule has 6 nitrogen and oxygen atoms in total. The highest BCUT2D eigenvalue weighted by Crippen LogP contribution is 2.28. The molecule has 1 aliphatic carbocycles. The molecule has 106 valence electrons. The number of nitro benzene ring substituents is 1. The molecule has 0 spiro atoms. The quantitative estimate of drug-likeness (QED) is 0.502. The summed E-state index contributed by atoms with van der Waals surface area (Å²) in [6.45, 7) is 0. The third-order valence-electron chi connectivity index (χ3n) is 3.31. The first kappa shape index (κ1) is 14.0. The molecule has 0 radical (unpaired) electrons. The predicted octanol–water partition coefficient (Wildman–Crippen LogP) is 2.48. The van der Waals surface area contributed by atoms with Gasteiger partial charge in [0.1, 0.15) is 5.69 Å². The van der Waals surface area contributed by atoms with Gasteiger partial charge in [-0.2, -0.15) is 0 Å². The molecule has 2 N–H and O–H groups in total. The van der Waals surface area contributed by atoms with Crippen LogP contribution < -0.4 is 10.6 Å². The van der Waals surface area contributed by atoms with Crippen LogP contribution in [0.5, 0.6) is 0 Å². The predicted molar refractivity (Wildman–Crippen MR) is 76.9 cm³/mol. The van der Waals surface area contributed by atoms with E-state index < -0.39 is 4.92 Å². The number of benzene rings is 1. The lowest BCUT2D eigenvalue weighted by Gasteiger charge is -2.20. The first-order chi connectivity index (χ1) is 9.61. The summed E-state index contributed by atoms with van der Waals surface area (Å²) in [5, 5.41) is 16.8. The average molecular weight is 275 g/mol. The maximum atomic E-state index is 11.5. The number of hydrogen-bond acceptors (Lipinski definition) is 4. The number of anilines is 1. The zero-order valence-electron chi connectivity index (χ0n) is 11.3. The summed E-state index contributed by atoms with van der Waals surface area (Å²) in [6, 6.07) is 4.69. The van der Waals surface area contributed by atoms with Gasteiger partial charge < -0.3 is 10.6 Å². The van der Waals surface area contributed by atoms with Crippen molar-refractivity contribution in [2.45, 2.75) is 25.3 Å². The van der Waals surface area contributed by atoms with Gasteiger partial charge in [0.25, 0.3) is 11.6 Å². The zero-order chi connectivity index (χ0) is 14.5. The number of amides is 1. The van der Waals surface area contributed by atoms with E-state index in [-0.39, 0.29) is 23.2 Å². The van der Waals surface area contributed by atoms with Gasteiger partial charge in [-0.15, -0.1) is 0 Å². The second-order valence-electron chi connectivity index (χ2n) is 4.69. The van der Waals surface area contributed by atoms with Gasteiger partial charge >= 0.3 is 0 Å². The first-order valence-electron chi connectivity index (χ1n) is 6.54. The van der Waals surface area contributed by atoms with Crippen molar-refractivity contribution in [2.75, 3.05) is 12.4 Å². The fourth-order valence-electron chi connectivity index (χ4n) is 2.23. The Kier molecular flexibility index (Phi) is 4.34. The molecule has 0 fully saturated rings. The molecular weight excluding hydrogens is 258 g/mol. The van der Waals surface area contributed by atoms with Crippen molar-refractivity contribution < 1.29 is 9.72 Å². The number of nitrogens with one attached hydrogen (secondary N) is 2. The lowest BCUT2D eigenvalue weighted by atomic mass is 10.0. The number of rotatable bonds is 4. The van der Waals surface area contributed by atoms with Crippen LogP contribution in [0.3, 0.4) is 0 Å². The van der Waals surface area contributed by atoms with E-state index in [1.54, 1.807) is 12.1 Å². The van der Waals surface area contributed by atoms with Crippen LogP contribution in [0.1, 0.15) is 29.6 Å². The maximum Gasteiger partial charge on any atom is 0.293 e. The van der Waals surface area contributed by atoms with Crippen LogP contribution in [0, 0.1) is 10.1 Å². The fourth-order valence-corrected chi connectivity index (χ4v) is 2.23. The standard InChI is InChI=1S/C14H17N3O3/c1-15-14(18)10-7-8-12(13(9-10)17(19)20)16-11-5-3-2-4-6-11/h2-3,7-9,11,16H,4-6H2,1H3,(H,15,18). The molecule has 2 rings (SSSR count). The van der Waals surface area contributed by atoms with Crippen molar-refractivity contribution in [3.8, 4) is 0 Å². The molecule has 1 aromatic carbocycles. The Hall–Kier alpha value is -2.37. The Morgan fingerprint density at radius 2 is 2.20 bits per heavy atom. The molecule has 0 saturated heterocycles. The maximum absolute atomic E-state index is 11.5. The molecule has 1 aliphatic rings. The smallest absolute Gasteiger partial charge is 0.293 e. The fraction of sp³-hybridized carbons (Fsp3) is 0.357. The van der Waals surface area contributed by atoms with Crippen molar-refractivity contribution in [3.05, 3.63) is 46.0 Å². The topological polar surface area (TPSA) is 84.3 Å². The van der Waals surface area contributed by atoms with Gasteiger partial charge in [-0.1, -0.05) is 12.2 Å². The van der Waals surface area contributed by atoms with Crippen LogP contribution in [-0.4, -0.2) is 23.9 Å². The van der Waals surface area contributed by atoms with Crippen molar-refractivity contribution in [1.82, 2.24) is 5.32 Å². The van der Waals surface area contributed by atoms with Crippen molar-refractivity contribution in [3.63, 3.8) is 0 Å². The summed E-state index contributed by atoms with van der Waals surface area (Å²) in [6.07, 6.45) is 6.97. The zero-order valence-corrected chi connectivity index (χ0v) is 11.3. The monoisotopic (exact) mass is 275 g/mol. The van der Waals surface area contributed by atoms with Crippen molar-refractivity contribution >= 4 is 17.3 Å². The Morgan fingerprint density at radius 3 is 2.80 bits per heavy atom. The molecule has 1 unspecified atom stereocenters. The molecule has 0 heterocycles. The normalized spacial score (nSPS) is 17.6. The third kappa shape index (κ3) is 3.14. The lowest BCUT2D eigenvalue weighted by molar-refractivity contribution is -0.384. The van der Waals surface area contributed by atoms with E-state index in [9.17, 15) is 14.9 Å². The highest BCUT2D eigenvalue weighted by Gasteiger charge is 2.19. The average Bonchev–Trinajstić information content (AvgIpc) is 2.47. The number of hydrogen-bond donors (Lipinski definition) is 2. The molecule has 6 heteroatoms. The van der Waals surface area contributed by atoms with E-state index in [2.05, 4.69) is 22.8 Å². The van der Waals surface area contributed by atoms with Crippen LogP contribution in [0.15, 0.2) is 30.4 Å². The number of allylic oxidation sites excluding steroid dienone is 1. The minimum Gasteiger partial charge on any atom is -0.376 e. The summed E-state index contributed by atoms with van der Waals surface area (Å²) in [4.78, 5) is 22.2. The first-order valence-corrected chi connectivity index (χ1v) is 6.54. The summed E-state index contributed by atoms with van der Waals surface area (Å²) >= 11 is 0. The van der Waals surface area contributed by atoms with Gasteiger partial charge in [-0.25, -0.2) is 0 Å². The SMILES string of the molecule is CNC(=O)c1ccc(NC2CC=CCC2)c([N+](=O)[O-])c1. The summed E-state index contributed by atoms with van der Waals surface area (Å²) < 4.78 is 0. The number of nitrogens with zero attached hydrogens (tertiary/aromatic N) is 1. The van der Waals surface area contributed by atoms with Gasteiger partial charge in [-0.05, 0) is 31.4 Å². The largest absolute Gasteiger partial charge is 0.376 e. The number of nitro groups is 1. The minimum atomic E-state index is -0.465. The Bertz CT molecular complexity index is 555. The Balaban J connectivity index is 2.25. The van der Waals surface area contributed by atoms with E-state index in [1.807, 2.05) is 0 Å². The molecule has 0 bridgehead atoms. The molecule has 1 amide bonds. The molecule has 20 heavy (non-hydrogen) atoms. The minimum absolute atomic E-state index is 0.0688. The summed E-state index contributed by atoms with van der Waals surface area (Å²) in [5.74, 6) is -0.333. The second kappa shape index (κ2) is 6.18. The molecule has 0 aliphatic heterocycles. The van der Waals surface area contributed by atoms with E-state index in [0.29, 0.717) is 5.69 Å². The molecule has 0 saturated carbocycles. The van der Waals surface area contributed by atoms with Gasteiger partial charge in [0.15, 0.2) is 0 Å². The Morgan fingerprint density at radius 1 is 1.40 bits per heavy atom. The van der Waals surface area contributed by atoms with Crippen molar-refractivity contribution in [2.24, 2.45) is 0 Å². The molecule has 1 aromatic rings. The number of carbonyl (C=O) groups excluding carboxylic acids is 1. The second-order valence-corrected chi connectivity index (χ2v) is 4.69.